The topological polar surface area (TPSA) is 114 Å². The highest BCUT2D eigenvalue weighted by Gasteiger charge is 2.49. The van der Waals surface area contributed by atoms with Crippen LogP contribution in [-0.2, 0) is 20.9 Å². The fourth-order valence-corrected chi connectivity index (χ4v) is 4.67. The van der Waals surface area contributed by atoms with Gasteiger partial charge in [-0.25, -0.2) is 24.2 Å². The van der Waals surface area contributed by atoms with Gasteiger partial charge in [-0.1, -0.05) is 12.1 Å². The predicted octanol–water partition coefficient (Wildman–Crippen LogP) is 4.92. The highest BCUT2D eigenvalue weighted by molar-refractivity contribution is 7.80. The maximum atomic E-state index is 13.9. The molecule has 3 aromatic rings. The van der Waals surface area contributed by atoms with Crippen LogP contribution in [0.15, 0.2) is 66.9 Å². The summed E-state index contributed by atoms with van der Waals surface area (Å²) in [6, 6.07) is 14.1. The zero-order valence-corrected chi connectivity index (χ0v) is 25.2. The third-order valence-electron chi connectivity index (χ3n) is 6.25. The van der Waals surface area contributed by atoms with Crippen molar-refractivity contribution in [2.24, 2.45) is 0 Å². The van der Waals surface area contributed by atoms with Crippen LogP contribution in [-0.4, -0.2) is 63.9 Å². The summed E-state index contributed by atoms with van der Waals surface area (Å²) in [5.74, 6) is -0.291. The monoisotopic (exact) mass is 609 g/mol. The van der Waals surface area contributed by atoms with Gasteiger partial charge in [-0.05, 0) is 87.1 Å². The summed E-state index contributed by atoms with van der Waals surface area (Å²) in [6.45, 7) is 5.08. The zero-order valence-electron chi connectivity index (χ0n) is 24.4. The summed E-state index contributed by atoms with van der Waals surface area (Å²) >= 11 is 5.74. The SMILES string of the molecule is COc1ccc(CN(C(=O)OC(C)(C)C)N2C(=S)N(c3ccc(F)cc3)C(=O)C2CC(=O)Nc2ccc(OC)cn2)cc1. The Morgan fingerprint density at radius 2 is 1.63 bits per heavy atom. The molecule has 1 saturated heterocycles. The number of hydrogen-bond acceptors (Lipinski definition) is 8. The van der Waals surface area contributed by atoms with Crippen molar-refractivity contribution in [3.8, 4) is 11.5 Å². The first-order valence-corrected chi connectivity index (χ1v) is 13.7. The fraction of sp³-hybridized carbons (Fsp3) is 0.300. The number of anilines is 2. The van der Waals surface area contributed by atoms with Gasteiger partial charge in [-0.2, -0.15) is 0 Å². The highest BCUT2D eigenvalue weighted by Crippen LogP contribution is 2.31. The van der Waals surface area contributed by atoms with Gasteiger partial charge in [0.1, 0.15) is 34.8 Å². The van der Waals surface area contributed by atoms with E-state index in [1.807, 2.05) is 0 Å². The maximum absolute atomic E-state index is 13.9. The molecule has 4 rings (SSSR count). The Hall–Kier alpha value is -4.78. The lowest BCUT2D eigenvalue weighted by Crippen LogP contribution is -2.53. The molecule has 1 N–H and O–H groups in total. The normalized spacial score (nSPS) is 14.9. The molecule has 1 aliphatic heterocycles. The van der Waals surface area contributed by atoms with E-state index in [1.165, 1.54) is 59.6 Å². The number of benzene rings is 2. The molecule has 0 spiro atoms. The second-order valence-electron chi connectivity index (χ2n) is 10.5. The van der Waals surface area contributed by atoms with E-state index in [0.717, 1.165) is 0 Å². The van der Waals surface area contributed by atoms with E-state index in [4.69, 9.17) is 26.4 Å². The summed E-state index contributed by atoms with van der Waals surface area (Å²) in [5.41, 5.74) is 0.0620. The van der Waals surface area contributed by atoms with Crippen LogP contribution in [0, 0.1) is 5.82 Å². The Kier molecular flexibility index (Phi) is 9.44. The first-order valence-electron chi connectivity index (χ1n) is 13.3. The summed E-state index contributed by atoms with van der Waals surface area (Å²) in [7, 11) is 3.03. The summed E-state index contributed by atoms with van der Waals surface area (Å²) < 4.78 is 29.8. The van der Waals surface area contributed by atoms with Gasteiger partial charge in [0.15, 0.2) is 0 Å². The van der Waals surface area contributed by atoms with Crippen LogP contribution in [0.5, 0.6) is 11.5 Å². The lowest BCUT2D eigenvalue weighted by Gasteiger charge is -2.36. The zero-order chi connectivity index (χ0) is 31.3. The number of thiocarbonyl (C=S) groups is 1. The van der Waals surface area contributed by atoms with E-state index in [9.17, 15) is 18.8 Å². The van der Waals surface area contributed by atoms with E-state index in [1.54, 1.807) is 57.2 Å². The van der Waals surface area contributed by atoms with E-state index in [2.05, 4.69) is 10.3 Å². The van der Waals surface area contributed by atoms with Crippen molar-refractivity contribution in [1.82, 2.24) is 15.0 Å². The molecule has 0 bridgehead atoms. The second-order valence-corrected chi connectivity index (χ2v) is 10.9. The Morgan fingerprint density at radius 3 is 2.19 bits per heavy atom. The van der Waals surface area contributed by atoms with Crippen molar-refractivity contribution in [3.63, 3.8) is 0 Å². The molecule has 0 aliphatic carbocycles. The van der Waals surface area contributed by atoms with Crippen molar-refractivity contribution < 1.29 is 33.0 Å². The first-order chi connectivity index (χ1) is 20.4. The van der Waals surface area contributed by atoms with Crippen LogP contribution < -0.4 is 19.7 Å². The number of pyridine rings is 1. The van der Waals surface area contributed by atoms with Crippen LogP contribution in [0.4, 0.5) is 20.7 Å². The number of amides is 3. The Bertz CT molecular complexity index is 1480. The number of hydrazine groups is 1. The minimum atomic E-state index is -1.25. The number of hydrogen-bond donors (Lipinski definition) is 1. The minimum Gasteiger partial charge on any atom is -0.497 e. The molecule has 226 valence electrons. The number of carbonyl (C=O) groups is 3. The molecule has 1 aliphatic rings. The molecule has 1 aromatic heterocycles. The predicted molar refractivity (Wildman–Crippen MR) is 161 cm³/mol. The number of carbonyl (C=O) groups excluding carboxylic acids is 3. The smallest absolute Gasteiger partial charge is 0.429 e. The van der Waals surface area contributed by atoms with Gasteiger partial charge >= 0.3 is 6.09 Å². The molecule has 13 heteroatoms. The number of nitrogens with one attached hydrogen (secondary N) is 1. The van der Waals surface area contributed by atoms with Crippen LogP contribution in [0.2, 0.25) is 0 Å². The average Bonchev–Trinajstić information content (AvgIpc) is 3.20. The van der Waals surface area contributed by atoms with E-state index >= 15 is 0 Å². The van der Waals surface area contributed by atoms with Crippen molar-refractivity contribution in [2.75, 3.05) is 24.4 Å². The van der Waals surface area contributed by atoms with Crippen LogP contribution in [0.3, 0.4) is 0 Å². The molecule has 2 heterocycles. The van der Waals surface area contributed by atoms with Crippen LogP contribution >= 0.6 is 12.2 Å². The molecule has 0 radical (unpaired) electrons. The Labute approximate surface area is 254 Å². The minimum absolute atomic E-state index is 0.0538. The fourth-order valence-electron chi connectivity index (χ4n) is 4.25. The molecule has 3 amide bonds. The van der Waals surface area contributed by atoms with Gasteiger partial charge in [0.05, 0.1) is 39.1 Å². The number of rotatable bonds is 9. The van der Waals surface area contributed by atoms with Gasteiger partial charge in [-0.3, -0.25) is 14.5 Å². The third kappa shape index (κ3) is 7.55. The standard InChI is InChI=1S/C30H32FN5O6S/c1-30(2,3)42-29(39)34(18-19-6-12-22(40-4)13-7-19)36-24(16-26(37)33-25-15-14-23(41-5)17-32-25)27(38)35(28(36)43)21-10-8-20(31)9-11-21/h6-15,17,24H,16,18H2,1-5H3,(H,32,33,37). The van der Waals surface area contributed by atoms with E-state index in [0.29, 0.717) is 17.1 Å². The molecule has 1 unspecified atom stereocenters. The van der Waals surface area contributed by atoms with Crippen molar-refractivity contribution in [2.45, 2.75) is 45.4 Å². The molecular formula is C30H32FN5O6S. The molecule has 11 nitrogen and oxygen atoms in total. The van der Waals surface area contributed by atoms with Crippen LogP contribution in [0.25, 0.3) is 0 Å². The highest BCUT2D eigenvalue weighted by atomic mass is 32.1. The summed E-state index contributed by atoms with van der Waals surface area (Å²) in [5, 5.41) is 5.05. The number of ether oxygens (including phenoxy) is 3. The van der Waals surface area contributed by atoms with Gasteiger partial charge in [0.2, 0.25) is 11.0 Å². The van der Waals surface area contributed by atoms with Gasteiger partial charge in [0.25, 0.3) is 5.91 Å². The van der Waals surface area contributed by atoms with Gasteiger partial charge < -0.3 is 19.5 Å². The number of halogens is 1. The van der Waals surface area contributed by atoms with Crippen LogP contribution in [0.1, 0.15) is 32.8 Å². The van der Waals surface area contributed by atoms with Crippen molar-refractivity contribution >= 4 is 46.7 Å². The summed E-state index contributed by atoms with van der Waals surface area (Å²) in [6.07, 6.45) is 0.251. The number of nitrogens with zero attached hydrogens (tertiary/aromatic N) is 4. The number of aromatic nitrogens is 1. The molecule has 2 aromatic carbocycles. The van der Waals surface area contributed by atoms with Crippen molar-refractivity contribution in [1.29, 1.82) is 0 Å². The Balaban J connectivity index is 1.72. The molecule has 1 atom stereocenters. The Morgan fingerprint density at radius 1 is 1.00 bits per heavy atom. The molecule has 0 saturated carbocycles. The molecule has 1 fully saturated rings. The van der Waals surface area contributed by atoms with Gasteiger partial charge in [-0.15, -0.1) is 0 Å². The van der Waals surface area contributed by atoms with Crippen molar-refractivity contribution in [3.05, 3.63) is 78.2 Å². The first kappa shape index (κ1) is 31.2. The maximum Gasteiger partial charge on any atom is 0.429 e. The third-order valence-corrected chi connectivity index (χ3v) is 6.62. The lowest BCUT2D eigenvalue weighted by atomic mass is 10.1. The molecule has 43 heavy (non-hydrogen) atoms. The number of methoxy groups -OCH3 is 2. The van der Waals surface area contributed by atoms with E-state index < -0.39 is 41.8 Å². The quantitative estimate of drug-likeness (QED) is 0.338. The largest absolute Gasteiger partial charge is 0.497 e. The van der Waals surface area contributed by atoms with E-state index in [-0.39, 0.29) is 23.2 Å². The average molecular weight is 610 g/mol. The van der Waals surface area contributed by atoms with Gasteiger partial charge in [0, 0.05) is 0 Å². The second kappa shape index (κ2) is 13.0. The summed E-state index contributed by atoms with van der Waals surface area (Å²) in [4.78, 5) is 46.1. The lowest BCUT2D eigenvalue weighted by molar-refractivity contribution is -0.128. The molecular weight excluding hydrogens is 577 g/mol.